The minimum atomic E-state index is -0.216. The summed E-state index contributed by atoms with van der Waals surface area (Å²) in [6.45, 7) is 0. The molecular weight excluding hydrogens is 205 g/mol. The van der Waals surface area contributed by atoms with Crippen LogP contribution in [0.3, 0.4) is 0 Å². The van der Waals surface area contributed by atoms with Crippen LogP contribution in [0.1, 0.15) is 11.1 Å². The molecule has 0 saturated carbocycles. The number of rotatable bonds is 4. The van der Waals surface area contributed by atoms with Gasteiger partial charge in [-0.05, 0) is 42.2 Å². The van der Waals surface area contributed by atoms with Gasteiger partial charge in [0, 0.05) is 6.04 Å². The molecule has 1 unspecified atom stereocenters. The Morgan fingerprint density at radius 1 is 1.06 bits per heavy atom. The first-order valence-corrected chi connectivity index (χ1v) is 5.25. The van der Waals surface area contributed by atoms with Gasteiger partial charge in [-0.1, -0.05) is 12.1 Å². The van der Waals surface area contributed by atoms with Crippen LogP contribution in [0.15, 0.2) is 47.3 Å². The van der Waals surface area contributed by atoms with Crippen molar-refractivity contribution >= 4 is 0 Å². The number of furan rings is 1. The summed E-state index contributed by atoms with van der Waals surface area (Å²) in [6.07, 6.45) is 4.85. The zero-order chi connectivity index (χ0) is 11.4. The first-order chi connectivity index (χ1) is 7.74. The molecule has 1 aromatic heterocycles. The molecule has 2 N–H and O–H groups in total. The first-order valence-electron chi connectivity index (χ1n) is 5.25. The molecule has 16 heavy (non-hydrogen) atoms. The fourth-order valence-corrected chi connectivity index (χ4v) is 1.71. The van der Waals surface area contributed by atoms with Gasteiger partial charge in [-0.15, -0.1) is 0 Å². The van der Waals surface area contributed by atoms with E-state index in [1.54, 1.807) is 24.7 Å². The van der Waals surface area contributed by atoms with Crippen molar-refractivity contribution in [2.75, 3.05) is 0 Å². The van der Waals surface area contributed by atoms with Gasteiger partial charge < -0.3 is 10.2 Å². The second kappa shape index (κ2) is 4.94. The van der Waals surface area contributed by atoms with Gasteiger partial charge in [-0.25, -0.2) is 4.39 Å². The van der Waals surface area contributed by atoms with Crippen molar-refractivity contribution in [2.24, 2.45) is 5.73 Å². The van der Waals surface area contributed by atoms with Crippen LogP contribution in [-0.4, -0.2) is 6.04 Å². The van der Waals surface area contributed by atoms with Crippen LogP contribution in [0.2, 0.25) is 0 Å². The molecule has 1 atom stereocenters. The third-order valence-corrected chi connectivity index (χ3v) is 2.49. The molecule has 0 radical (unpaired) electrons. The average molecular weight is 219 g/mol. The molecule has 0 aliphatic heterocycles. The van der Waals surface area contributed by atoms with E-state index in [0.29, 0.717) is 0 Å². The fraction of sp³-hybridized carbons (Fsp3) is 0.231. The summed E-state index contributed by atoms with van der Waals surface area (Å²) in [4.78, 5) is 0. The van der Waals surface area contributed by atoms with Crippen LogP contribution in [0.25, 0.3) is 0 Å². The number of hydrogen-bond acceptors (Lipinski definition) is 2. The van der Waals surface area contributed by atoms with Gasteiger partial charge in [0.2, 0.25) is 0 Å². The molecule has 0 amide bonds. The Morgan fingerprint density at radius 3 is 2.38 bits per heavy atom. The van der Waals surface area contributed by atoms with Crippen molar-refractivity contribution < 1.29 is 8.81 Å². The summed E-state index contributed by atoms with van der Waals surface area (Å²) in [5, 5.41) is 0. The minimum Gasteiger partial charge on any atom is -0.472 e. The standard InChI is InChI=1S/C13H14FNO/c14-12-3-1-10(2-4-12)7-13(15)8-11-5-6-16-9-11/h1-6,9,13H,7-8,15H2. The van der Waals surface area contributed by atoms with Gasteiger partial charge in [-0.2, -0.15) is 0 Å². The van der Waals surface area contributed by atoms with E-state index in [1.807, 2.05) is 6.07 Å². The SMILES string of the molecule is NC(Cc1ccc(F)cc1)Cc1ccoc1. The van der Waals surface area contributed by atoms with Crippen molar-refractivity contribution in [1.82, 2.24) is 0 Å². The molecule has 1 aromatic carbocycles. The van der Waals surface area contributed by atoms with Crippen LogP contribution in [0.5, 0.6) is 0 Å². The molecule has 0 spiro atoms. The van der Waals surface area contributed by atoms with E-state index in [-0.39, 0.29) is 11.9 Å². The topological polar surface area (TPSA) is 39.2 Å². The number of benzene rings is 1. The van der Waals surface area contributed by atoms with Gasteiger partial charge >= 0.3 is 0 Å². The lowest BCUT2D eigenvalue weighted by atomic mass is 10.0. The normalized spacial score (nSPS) is 12.6. The second-order valence-corrected chi connectivity index (χ2v) is 3.93. The van der Waals surface area contributed by atoms with Crippen molar-refractivity contribution in [2.45, 2.75) is 18.9 Å². The quantitative estimate of drug-likeness (QED) is 0.858. The van der Waals surface area contributed by atoms with Crippen molar-refractivity contribution in [3.8, 4) is 0 Å². The highest BCUT2D eigenvalue weighted by molar-refractivity contribution is 5.18. The third kappa shape index (κ3) is 2.94. The van der Waals surface area contributed by atoms with Crippen LogP contribution >= 0.6 is 0 Å². The van der Waals surface area contributed by atoms with E-state index in [1.165, 1.54) is 12.1 Å². The Labute approximate surface area is 93.9 Å². The summed E-state index contributed by atoms with van der Waals surface area (Å²) < 4.78 is 17.7. The zero-order valence-corrected chi connectivity index (χ0v) is 8.90. The lowest BCUT2D eigenvalue weighted by Crippen LogP contribution is -2.25. The molecule has 2 aromatic rings. The molecule has 3 heteroatoms. The summed E-state index contributed by atoms with van der Waals surface area (Å²) in [6, 6.07) is 8.39. The van der Waals surface area contributed by atoms with Crippen molar-refractivity contribution in [1.29, 1.82) is 0 Å². The molecule has 2 nitrogen and oxygen atoms in total. The summed E-state index contributed by atoms with van der Waals surface area (Å²) in [7, 11) is 0. The lowest BCUT2D eigenvalue weighted by Gasteiger charge is -2.10. The molecule has 84 valence electrons. The highest BCUT2D eigenvalue weighted by Crippen LogP contribution is 2.09. The van der Waals surface area contributed by atoms with Crippen molar-refractivity contribution in [3.05, 3.63) is 59.8 Å². The maximum atomic E-state index is 12.7. The van der Waals surface area contributed by atoms with Gasteiger partial charge in [0.15, 0.2) is 0 Å². The highest BCUT2D eigenvalue weighted by atomic mass is 19.1. The molecule has 0 aliphatic carbocycles. The summed E-state index contributed by atoms with van der Waals surface area (Å²) >= 11 is 0. The molecule has 1 heterocycles. The predicted octanol–water partition coefficient (Wildman–Crippen LogP) is 2.53. The zero-order valence-electron chi connectivity index (χ0n) is 8.90. The smallest absolute Gasteiger partial charge is 0.123 e. The average Bonchev–Trinajstić information content (AvgIpc) is 2.74. The van der Waals surface area contributed by atoms with Crippen LogP contribution in [0, 0.1) is 5.82 Å². The van der Waals surface area contributed by atoms with Gasteiger partial charge in [-0.3, -0.25) is 0 Å². The Morgan fingerprint density at radius 2 is 1.75 bits per heavy atom. The largest absolute Gasteiger partial charge is 0.472 e. The van der Waals surface area contributed by atoms with Gasteiger partial charge in [0.25, 0.3) is 0 Å². The van der Waals surface area contributed by atoms with Crippen LogP contribution in [0.4, 0.5) is 4.39 Å². The predicted molar refractivity (Wildman–Crippen MR) is 60.5 cm³/mol. The first kappa shape index (κ1) is 10.9. The maximum Gasteiger partial charge on any atom is 0.123 e. The second-order valence-electron chi connectivity index (χ2n) is 3.93. The van der Waals surface area contributed by atoms with Gasteiger partial charge in [0.05, 0.1) is 12.5 Å². The van der Waals surface area contributed by atoms with Gasteiger partial charge in [0.1, 0.15) is 5.82 Å². The Kier molecular flexibility index (Phi) is 3.37. The summed E-state index contributed by atoms with van der Waals surface area (Å²) in [5.41, 5.74) is 8.14. The van der Waals surface area contributed by atoms with Crippen LogP contribution < -0.4 is 5.73 Å². The maximum absolute atomic E-state index is 12.7. The van der Waals surface area contributed by atoms with Crippen LogP contribution in [-0.2, 0) is 12.8 Å². The van der Waals surface area contributed by atoms with E-state index in [0.717, 1.165) is 24.0 Å². The third-order valence-electron chi connectivity index (χ3n) is 2.49. The van der Waals surface area contributed by atoms with E-state index in [2.05, 4.69) is 0 Å². The van der Waals surface area contributed by atoms with Crippen molar-refractivity contribution in [3.63, 3.8) is 0 Å². The Balaban J connectivity index is 1.92. The molecule has 0 aliphatic rings. The number of nitrogens with two attached hydrogens (primary N) is 1. The van der Waals surface area contributed by atoms with E-state index in [4.69, 9.17) is 10.2 Å². The molecule has 0 fully saturated rings. The molecular formula is C13H14FNO. The number of halogens is 1. The van der Waals surface area contributed by atoms with E-state index >= 15 is 0 Å². The monoisotopic (exact) mass is 219 g/mol. The molecule has 0 bridgehead atoms. The molecule has 0 saturated heterocycles. The van der Waals surface area contributed by atoms with E-state index in [9.17, 15) is 4.39 Å². The summed E-state index contributed by atoms with van der Waals surface area (Å²) in [5.74, 6) is -0.216. The highest BCUT2D eigenvalue weighted by Gasteiger charge is 2.06. The lowest BCUT2D eigenvalue weighted by molar-refractivity contribution is 0.559. The fourth-order valence-electron chi connectivity index (χ4n) is 1.71. The number of hydrogen-bond donors (Lipinski definition) is 1. The Hall–Kier alpha value is -1.61. The van der Waals surface area contributed by atoms with E-state index < -0.39 is 0 Å². The molecule has 2 rings (SSSR count). The Bertz CT molecular complexity index is 422. The minimum absolute atomic E-state index is 0.0306.